The van der Waals surface area contributed by atoms with Crippen molar-refractivity contribution in [2.24, 2.45) is 0 Å². The number of carboxylic acids is 1. The molecule has 0 radical (unpaired) electrons. The van der Waals surface area contributed by atoms with Crippen LogP contribution in [0.15, 0.2) is 36.5 Å². The van der Waals surface area contributed by atoms with Crippen LogP contribution in [0.25, 0.3) is 0 Å². The largest absolute Gasteiger partial charge is 0.478 e. The SMILES string of the molecule is Cc1cccnc1CNc1cccc(C(=O)O)c1N. The zero-order valence-corrected chi connectivity index (χ0v) is 10.6. The van der Waals surface area contributed by atoms with Crippen LogP contribution in [0, 0.1) is 6.92 Å². The number of hydrogen-bond donors (Lipinski definition) is 3. The number of nitrogens with zero attached hydrogens (tertiary/aromatic N) is 1. The Kier molecular flexibility index (Phi) is 3.66. The molecule has 0 bridgehead atoms. The molecule has 0 aliphatic rings. The van der Waals surface area contributed by atoms with Crippen molar-refractivity contribution in [3.8, 4) is 0 Å². The summed E-state index contributed by atoms with van der Waals surface area (Å²) in [4.78, 5) is 15.2. The van der Waals surface area contributed by atoms with E-state index >= 15 is 0 Å². The van der Waals surface area contributed by atoms with E-state index in [-0.39, 0.29) is 11.3 Å². The lowest BCUT2D eigenvalue weighted by atomic mass is 10.1. The minimum atomic E-state index is -1.03. The van der Waals surface area contributed by atoms with Gasteiger partial charge in [-0.1, -0.05) is 12.1 Å². The molecular formula is C14H15N3O2. The minimum Gasteiger partial charge on any atom is -0.478 e. The van der Waals surface area contributed by atoms with Crippen molar-refractivity contribution in [2.45, 2.75) is 13.5 Å². The molecule has 5 heteroatoms. The summed E-state index contributed by atoms with van der Waals surface area (Å²) in [6, 6.07) is 8.74. The van der Waals surface area contributed by atoms with Gasteiger partial charge in [0.05, 0.1) is 29.2 Å². The molecule has 2 rings (SSSR count). The lowest BCUT2D eigenvalue weighted by Crippen LogP contribution is -2.09. The second-order valence-corrected chi connectivity index (χ2v) is 4.19. The predicted molar refractivity (Wildman–Crippen MR) is 74.1 cm³/mol. The third-order valence-corrected chi connectivity index (χ3v) is 2.90. The molecular weight excluding hydrogens is 242 g/mol. The highest BCUT2D eigenvalue weighted by Gasteiger charge is 2.10. The number of benzene rings is 1. The maximum atomic E-state index is 11.0. The molecule has 0 amide bonds. The van der Waals surface area contributed by atoms with Crippen molar-refractivity contribution in [1.82, 2.24) is 4.98 Å². The first-order chi connectivity index (χ1) is 9.09. The molecule has 2 aromatic rings. The van der Waals surface area contributed by atoms with Gasteiger partial charge in [0.2, 0.25) is 0 Å². The number of nitrogen functional groups attached to an aromatic ring is 1. The van der Waals surface area contributed by atoms with E-state index in [1.54, 1.807) is 18.3 Å². The summed E-state index contributed by atoms with van der Waals surface area (Å²) in [7, 11) is 0. The monoisotopic (exact) mass is 257 g/mol. The van der Waals surface area contributed by atoms with Crippen LogP contribution >= 0.6 is 0 Å². The number of carbonyl (C=O) groups is 1. The van der Waals surface area contributed by atoms with E-state index in [2.05, 4.69) is 10.3 Å². The van der Waals surface area contributed by atoms with Crippen LogP contribution in [0.5, 0.6) is 0 Å². The molecule has 0 aliphatic heterocycles. The summed E-state index contributed by atoms with van der Waals surface area (Å²) in [5, 5.41) is 12.1. The Bertz CT molecular complexity index is 611. The van der Waals surface area contributed by atoms with E-state index in [1.165, 1.54) is 6.07 Å². The summed E-state index contributed by atoms with van der Waals surface area (Å²) in [6.07, 6.45) is 1.72. The quantitative estimate of drug-likeness (QED) is 0.731. The molecule has 0 fully saturated rings. The summed E-state index contributed by atoms with van der Waals surface area (Å²) >= 11 is 0. The highest BCUT2D eigenvalue weighted by Crippen LogP contribution is 2.23. The molecule has 1 aromatic carbocycles. The van der Waals surface area contributed by atoms with Gasteiger partial charge >= 0.3 is 5.97 Å². The molecule has 1 aromatic heterocycles. The molecule has 0 spiro atoms. The molecule has 0 saturated carbocycles. The fourth-order valence-electron chi connectivity index (χ4n) is 1.79. The van der Waals surface area contributed by atoms with E-state index in [9.17, 15) is 4.79 Å². The lowest BCUT2D eigenvalue weighted by Gasteiger charge is -2.11. The molecule has 4 N–H and O–H groups in total. The minimum absolute atomic E-state index is 0.0998. The number of aromatic nitrogens is 1. The number of pyridine rings is 1. The van der Waals surface area contributed by atoms with E-state index < -0.39 is 5.97 Å². The molecule has 0 unspecified atom stereocenters. The van der Waals surface area contributed by atoms with Crippen LogP contribution in [0.2, 0.25) is 0 Å². The van der Waals surface area contributed by atoms with Crippen molar-refractivity contribution in [3.63, 3.8) is 0 Å². The Labute approximate surface area is 111 Å². The van der Waals surface area contributed by atoms with Crippen molar-refractivity contribution in [1.29, 1.82) is 0 Å². The number of hydrogen-bond acceptors (Lipinski definition) is 4. The van der Waals surface area contributed by atoms with Crippen LogP contribution in [-0.2, 0) is 6.54 Å². The number of nitrogens with two attached hydrogens (primary N) is 1. The maximum Gasteiger partial charge on any atom is 0.337 e. The van der Waals surface area contributed by atoms with Crippen LogP contribution in [-0.4, -0.2) is 16.1 Å². The van der Waals surface area contributed by atoms with Gasteiger partial charge in [-0.15, -0.1) is 0 Å². The van der Waals surface area contributed by atoms with Crippen molar-refractivity contribution in [3.05, 3.63) is 53.3 Å². The summed E-state index contributed by atoms with van der Waals surface area (Å²) < 4.78 is 0. The van der Waals surface area contributed by atoms with Crippen LogP contribution in [0.3, 0.4) is 0 Å². The van der Waals surface area contributed by atoms with Gasteiger partial charge in [0.25, 0.3) is 0 Å². The number of carboxylic acid groups (broad SMARTS) is 1. The zero-order chi connectivity index (χ0) is 13.8. The average Bonchev–Trinajstić information content (AvgIpc) is 2.39. The lowest BCUT2D eigenvalue weighted by molar-refractivity contribution is 0.0698. The first kappa shape index (κ1) is 12.9. The average molecular weight is 257 g/mol. The summed E-state index contributed by atoms with van der Waals surface area (Å²) in [6.45, 7) is 2.47. The van der Waals surface area contributed by atoms with Crippen molar-refractivity contribution < 1.29 is 9.90 Å². The fraction of sp³-hybridized carbons (Fsp3) is 0.143. The number of nitrogens with one attached hydrogen (secondary N) is 1. The standard InChI is InChI=1S/C14H15N3O2/c1-9-4-3-7-16-12(9)8-17-11-6-2-5-10(13(11)15)14(18)19/h2-7,17H,8,15H2,1H3,(H,18,19). The van der Waals surface area contributed by atoms with Gasteiger partial charge in [-0.05, 0) is 30.7 Å². The van der Waals surface area contributed by atoms with E-state index in [4.69, 9.17) is 10.8 Å². The normalized spacial score (nSPS) is 10.2. The second-order valence-electron chi connectivity index (χ2n) is 4.19. The first-order valence-corrected chi connectivity index (χ1v) is 5.85. The van der Waals surface area contributed by atoms with Gasteiger partial charge < -0.3 is 16.2 Å². The van der Waals surface area contributed by atoms with Gasteiger partial charge in [0.15, 0.2) is 0 Å². The second kappa shape index (κ2) is 5.39. The molecule has 98 valence electrons. The smallest absolute Gasteiger partial charge is 0.337 e. The molecule has 19 heavy (non-hydrogen) atoms. The number of anilines is 2. The van der Waals surface area contributed by atoms with Crippen LogP contribution in [0.4, 0.5) is 11.4 Å². The summed E-state index contributed by atoms with van der Waals surface area (Å²) in [5.74, 6) is -1.03. The van der Waals surface area contributed by atoms with Gasteiger partial charge in [0.1, 0.15) is 0 Å². The highest BCUT2D eigenvalue weighted by atomic mass is 16.4. The van der Waals surface area contributed by atoms with E-state index in [1.807, 2.05) is 19.1 Å². The predicted octanol–water partition coefficient (Wildman–Crippen LogP) is 2.28. The number of aromatic carboxylic acids is 1. The Hall–Kier alpha value is -2.56. The molecule has 5 nitrogen and oxygen atoms in total. The first-order valence-electron chi connectivity index (χ1n) is 5.85. The van der Waals surface area contributed by atoms with Gasteiger partial charge in [-0.2, -0.15) is 0 Å². The van der Waals surface area contributed by atoms with E-state index in [0.29, 0.717) is 12.2 Å². The zero-order valence-electron chi connectivity index (χ0n) is 10.6. The third-order valence-electron chi connectivity index (χ3n) is 2.90. The van der Waals surface area contributed by atoms with Gasteiger partial charge in [0, 0.05) is 6.20 Å². The highest BCUT2D eigenvalue weighted by molar-refractivity contribution is 5.97. The number of para-hydroxylation sites is 1. The Morgan fingerprint density at radius 1 is 1.37 bits per heavy atom. The summed E-state index contributed by atoms with van der Waals surface area (Å²) in [5.41, 5.74) is 8.74. The number of rotatable bonds is 4. The molecule has 0 saturated heterocycles. The molecule has 0 aliphatic carbocycles. The van der Waals surface area contributed by atoms with Crippen molar-refractivity contribution >= 4 is 17.3 Å². The van der Waals surface area contributed by atoms with E-state index in [0.717, 1.165) is 11.3 Å². The van der Waals surface area contributed by atoms with Gasteiger partial charge in [-0.3, -0.25) is 4.98 Å². The molecule has 0 atom stereocenters. The number of aryl methyl sites for hydroxylation is 1. The topological polar surface area (TPSA) is 88.2 Å². The Morgan fingerprint density at radius 2 is 2.16 bits per heavy atom. The maximum absolute atomic E-state index is 11.0. The Balaban J connectivity index is 2.19. The fourth-order valence-corrected chi connectivity index (χ4v) is 1.79. The third kappa shape index (κ3) is 2.82. The molecule has 1 heterocycles. The van der Waals surface area contributed by atoms with Crippen LogP contribution < -0.4 is 11.1 Å². The Morgan fingerprint density at radius 3 is 2.84 bits per heavy atom. The van der Waals surface area contributed by atoms with Gasteiger partial charge in [-0.25, -0.2) is 4.79 Å². The van der Waals surface area contributed by atoms with Crippen LogP contribution in [0.1, 0.15) is 21.6 Å². The van der Waals surface area contributed by atoms with Crippen molar-refractivity contribution in [2.75, 3.05) is 11.1 Å².